The van der Waals surface area contributed by atoms with Crippen molar-refractivity contribution in [1.82, 2.24) is 0 Å². The van der Waals surface area contributed by atoms with Gasteiger partial charge in [0.2, 0.25) is 0 Å². The first-order valence-corrected chi connectivity index (χ1v) is 7.77. The van der Waals surface area contributed by atoms with E-state index in [1.165, 1.54) is 36.4 Å². The summed E-state index contributed by atoms with van der Waals surface area (Å²) in [5.74, 6) is -0.441. The Morgan fingerprint density at radius 2 is 1.74 bits per heavy atom. The molecule has 0 aliphatic carbocycles. The lowest BCUT2D eigenvalue weighted by Crippen LogP contribution is -2.13. The first kappa shape index (κ1) is 14.3. The second-order valence-electron chi connectivity index (χ2n) is 3.69. The van der Waals surface area contributed by atoms with E-state index in [0.717, 1.165) is 0 Å². The van der Waals surface area contributed by atoms with Gasteiger partial charge in [-0.15, -0.1) is 0 Å². The van der Waals surface area contributed by atoms with Crippen molar-refractivity contribution in [2.24, 2.45) is 0 Å². The van der Waals surface area contributed by atoms with Gasteiger partial charge in [0, 0.05) is 10.2 Å². The van der Waals surface area contributed by atoms with Gasteiger partial charge in [-0.2, -0.15) is 0 Å². The average Bonchev–Trinajstić information content (AvgIpc) is 2.35. The molecule has 0 aliphatic heterocycles. The summed E-state index contributed by atoms with van der Waals surface area (Å²) in [6.45, 7) is 0. The highest BCUT2D eigenvalue weighted by molar-refractivity contribution is 9.10. The standard InChI is InChI=1S/C12H8BrClFNO2S/c13-8-1-6-11(14)12(7-8)19(17,18)16-10-4-2-9(15)3-5-10/h1-7,16H. The number of hydrogen-bond donors (Lipinski definition) is 1. The van der Waals surface area contributed by atoms with Crippen LogP contribution in [0, 0.1) is 5.82 Å². The molecule has 0 spiro atoms. The summed E-state index contributed by atoms with van der Waals surface area (Å²) < 4.78 is 40.0. The van der Waals surface area contributed by atoms with Crippen LogP contribution in [0.5, 0.6) is 0 Å². The predicted molar refractivity (Wildman–Crippen MR) is 76.4 cm³/mol. The molecule has 0 aliphatic rings. The summed E-state index contributed by atoms with van der Waals surface area (Å²) in [5, 5.41) is 0.109. The SMILES string of the molecule is O=S(=O)(Nc1ccc(F)cc1)c1cc(Br)ccc1Cl. The van der Waals surface area contributed by atoms with Crippen LogP contribution in [0.15, 0.2) is 51.8 Å². The van der Waals surface area contributed by atoms with Crippen LogP contribution in [-0.4, -0.2) is 8.42 Å². The van der Waals surface area contributed by atoms with Gasteiger partial charge in [-0.3, -0.25) is 4.72 Å². The lowest BCUT2D eigenvalue weighted by atomic mass is 10.3. The number of nitrogens with one attached hydrogen (secondary N) is 1. The summed E-state index contributed by atoms with van der Waals surface area (Å²) >= 11 is 9.06. The molecule has 0 fully saturated rings. The summed E-state index contributed by atoms with van der Waals surface area (Å²) in [7, 11) is -3.81. The van der Waals surface area contributed by atoms with Crippen LogP contribution in [0.1, 0.15) is 0 Å². The normalized spacial score (nSPS) is 11.3. The fraction of sp³-hybridized carbons (Fsp3) is 0. The Kier molecular flexibility index (Phi) is 4.13. The molecule has 19 heavy (non-hydrogen) atoms. The van der Waals surface area contributed by atoms with Crippen molar-refractivity contribution in [3.8, 4) is 0 Å². The number of sulfonamides is 1. The first-order valence-electron chi connectivity index (χ1n) is 5.12. The van der Waals surface area contributed by atoms with Crippen molar-refractivity contribution in [1.29, 1.82) is 0 Å². The Morgan fingerprint density at radius 1 is 1.11 bits per heavy atom. The van der Waals surface area contributed by atoms with Crippen molar-refractivity contribution in [3.05, 3.63) is 57.8 Å². The molecule has 2 aromatic carbocycles. The summed E-state index contributed by atoms with van der Waals surface area (Å²) in [4.78, 5) is -0.0483. The fourth-order valence-corrected chi connectivity index (χ4v) is 3.51. The maximum atomic E-state index is 12.8. The summed E-state index contributed by atoms with van der Waals surface area (Å²) in [5.41, 5.74) is 0.262. The van der Waals surface area contributed by atoms with Gasteiger partial charge in [0.25, 0.3) is 10.0 Å². The molecule has 0 saturated heterocycles. The molecule has 7 heteroatoms. The molecule has 0 bridgehead atoms. The third-order valence-corrected chi connectivity index (χ3v) is 4.64. The summed E-state index contributed by atoms with van der Waals surface area (Å²) in [6.07, 6.45) is 0. The molecule has 2 aromatic rings. The lowest BCUT2D eigenvalue weighted by Gasteiger charge is -2.09. The zero-order chi connectivity index (χ0) is 14.0. The third kappa shape index (κ3) is 3.46. The van der Waals surface area contributed by atoms with Crippen molar-refractivity contribution in [3.63, 3.8) is 0 Å². The smallest absolute Gasteiger partial charge is 0.263 e. The Morgan fingerprint density at radius 3 is 2.37 bits per heavy atom. The van der Waals surface area contributed by atoms with Crippen LogP contribution in [-0.2, 0) is 10.0 Å². The molecule has 0 saturated carbocycles. The van der Waals surface area contributed by atoms with Crippen LogP contribution in [0.3, 0.4) is 0 Å². The van der Waals surface area contributed by atoms with E-state index in [4.69, 9.17) is 11.6 Å². The van der Waals surface area contributed by atoms with Crippen LogP contribution in [0.25, 0.3) is 0 Å². The van der Waals surface area contributed by atoms with Crippen LogP contribution < -0.4 is 4.72 Å². The minimum Gasteiger partial charge on any atom is -0.280 e. The van der Waals surface area contributed by atoms with Crippen LogP contribution in [0.2, 0.25) is 5.02 Å². The van der Waals surface area contributed by atoms with Crippen LogP contribution in [0.4, 0.5) is 10.1 Å². The van der Waals surface area contributed by atoms with Crippen molar-refractivity contribution >= 4 is 43.2 Å². The predicted octanol–water partition coefficient (Wildman–Crippen LogP) is 4.04. The maximum absolute atomic E-state index is 12.8. The second-order valence-corrected chi connectivity index (χ2v) is 6.66. The zero-order valence-corrected chi connectivity index (χ0v) is 12.6. The number of benzene rings is 2. The molecule has 0 atom stereocenters. The third-order valence-electron chi connectivity index (χ3n) is 2.28. The molecule has 100 valence electrons. The Hall–Kier alpha value is -1.11. The van der Waals surface area contributed by atoms with E-state index >= 15 is 0 Å². The van der Waals surface area contributed by atoms with E-state index in [1.54, 1.807) is 6.07 Å². The largest absolute Gasteiger partial charge is 0.280 e. The van der Waals surface area contributed by atoms with E-state index in [1.807, 2.05) is 0 Å². The molecular weight excluding hydrogens is 357 g/mol. The van der Waals surface area contributed by atoms with Crippen LogP contribution >= 0.6 is 27.5 Å². The van der Waals surface area contributed by atoms with Gasteiger partial charge in [0.05, 0.1) is 5.02 Å². The number of hydrogen-bond acceptors (Lipinski definition) is 2. The second kappa shape index (κ2) is 5.48. The molecule has 0 radical (unpaired) electrons. The van der Waals surface area contributed by atoms with Gasteiger partial charge in [-0.25, -0.2) is 12.8 Å². The van der Waals surface area contributed by atoms with E-state index in [0.29, 0.717) is 4.47 Å². The van der Waals surface area contributed by atoms with E-state index < -0.39 is 15.8 Å². The minimum absolute atomic E-state index is 0.0483. The quantitative estimate of drug-likeness (QED) is 0.893. The maximum Gasteiger partial charge on any atom is 0.263 e. The highest BCUT2D eigenvalue weighted by atomic mass is 79.9. The number of anilines is 1. The lowest BCUT2D eigenvalue weighted by molar-refractivity contribution is 0.601. The number of rotatable bonds is 3. The monoisotopic (exact) mass is 363 g/mol. The van der Waals surface area contributed by atoms with E-state index in [9.17, 15) is 12.8 Å². The fourth-order valence-electron chi connectivity index (χ4n) is 1.41. The highest BCUT2D eigenvalue weighted by Gasteiger charge is 2.18. The Balaban J connectivity index is 2.37. The molecular formula is C12H8BrClFNO2S. The zero-order valence-electron chi connectivity index (χ0n) is 9.40. The molecule has 0 heterocycles. The Labute approximate surface area is 123 Å². The summed E-state index contributed by atoms with van der Waals surface area (Å²) in [6, 6.07) is 9.51. The first-order chi connectivity index (χ1) is 8.88. The van der Waals surface area contributed by atoms with Gasteiger partial charge in [-0.05, 0) is 42.5 Å². The molecule has 0 amide bonds. The van der Waals surface area contributed by atoms with Crippen molar-refractivity contribution in [2.75, 3.05) is 4.72 Å². The molecule has 0 unspecified atom stereocenters. The average molecular weight is 365 g/mol. The molecule has 3 nitrogen and oxygen atoms in total. The highest BCUT2D eigenvalue weighted by Crippen LogP contribution is 2.27. The van der Waals surface area contributed by atoms with Gasteiger partial charge >= 0.3 is 0 Å². The molecule has 0 aromatic heterocycles. The van der Waals surface area contributed by atoms with Gasteiger partial charge < -0.3 is 0 Å². The van der Waals surface area contributed by atoms with E-state index in [-0.39, 0.29) is 15.6 Å². The van der Waals surface area contributed by atoms with Gasteiger partial charge in [0.1, 0.15) is 10.7 Å². The molecule has 1 N–H and O–H groups in total. The van der Waals surface area contributed by atoms with Crippen molar-refractivity contribution < 1.29 is 12.8 Å². The minimum atomic E-state index is -3.81. The van der Waals surface area contributed by atoms with E-state index in [2.05, 4.69) is 20.7 Å². The topological polar surface area (TPSA) is 46.2 Å². The van der Waals surface area contributed by atoms with Gasteiger partial charge in [-0.1, -0.05) is 27.5 Å². The van der Waals surface area contributed by atoms with Gasteiger partial charge in [0.15, 0.2) is 0 Å². The van der Waals surface area contributed by atoms with Crippen molar-refractivity contribution in [2.45, 2.75) is 4.90 Å². The Bertz CT molecular complexity index is 704. The number of halogens is 3. The molecule has 2 rings (SSSR count).